The van der Waals surface area contributed by atoms with Crippen LogP contribution < -0.4 is 16.7 Å². The maximum atomic E-state index is 12.0. The number of imidazole rings is 1. The van der Waals surface area contributed by atoms with E-state index in [0.717, 1.165) is 23.9 Å². The van der Waals surface area contributed by atoms with Crippen molar-refractivity contribution in [3.63, 3.8) is 0 Å². The van der Waals surface area contributed by atoms with Gasteiger partial charge in [-0.1, -0.05) is 12.1 Å². The Hall–Kier alpha value is -2.97. The summed E-state index contributed by atoms with van der Waals surface area (Å²) in [5.74, 6) is 0.359. The number of nitrogens with one attached hydrogen (secondary N) is 2. The van der Waals surface area contributed by atoms with Crippen molar-refractivity contribution in [1.82, 2.24) is 19.8 Å². The SMILES string of the molecule is CCOC(=O)N1CCC(NC(N)=NCCn2c(=O)[nH]c3ccccc32)CC1. The van der Waals surface area contributed by atoms with E-state index < -0.39 is 0 Å². The highest BCUT2D eigenvalue weighted by Crippen LogP contribution is 2.11. The first-order valence-electron chi connectivity index (χ1n) is 9.24. The lowest BCUT2D eigenvalue weighted by Crippen LogP contribution is -2.48. The first-order chi connectivity index (χ1) is 13.1. The van der Waals surface area contributed by atoms with Crippen molar-refractivity contribution in [2.75, 3.05) is 26.2 Å². The number of carbonyl (C=O) groups excluding carboxylic acids is 1. The van der Waals surface area contributed by atoms with Crippen LogP contribution in [-0.2, 0) is 11.3 Å². The summed E-state index contributed by atoms with van der Waals surface area (Å²) in [6.07, 6.45) is 1.32. The molecule has 3 rings (SSSR count). The molecule has 1 aliphatic heterocycles. The Balaban J connectivity index is 1.48. The lowest BCUT2D eigenvalue weighted by atomic mass is 10.1. The zero-order valence-corrected chi connectivity index (χ0v) is 15.5. The molecule has 27 heavy (non-hydrogen) atoms. The predicted molar refractivity (Wildman–Crippen MR) is 104 cm³/mol. The Bertz CT molecular complexity index is 863. The molecule has 2 heterocycles. The lowest BCUT2D eigenvalue weighted by molar-refractivity contribution is 0.0963. The van der Waals surface area contributed by atoms with Crippen molar-refractivity contribution in [2.45, 2.75) is 32.4 Å². The van der Waals surface area contributed by atoms with E-state index in [1.165, 1.54) is 0 Å². The molecule has 9 heteroatoms. The number of fused-ring (bicyclic) bond motifs is 1. The van der Waals surface area contributed by atoms with Gasteiger partial charge in [-0.15, -0.1) is 0 Å². The number of para-hydroxylation sites is 2. The van der Waals surface area contributed by atoms with Crippen LogP contribution in [0.5, 0.6) is 0 Å². The standard InChI is InChI=1S/C18H26N6O3/c1-2-27-18(26)23-10-7-13(8-11-23)21-16(19)20-9-12-24-15-6-4-3-5-14(15)22-17(24)25/h3-6,13H,2,7-12H2,1H3,(H,22,25)(H3,19,20,21). The number of nitrogens with two attached hydrogens (primary N) is 1. The molecule has 0 aliphatic carbocycles. The van der Waals surface area contributed by atoms with Crippen molar-refractivity contribution in [3.8, 4) is 0 Å². The number of aromatic amines is 1. The number of amides is 1. The Morgan fingerprint density at radius 1 is 1.37 bits per heavy atom. The van der Waals surface area contributed by atoms with Crippen molar-refractivity contribution in [3.05, 3.63) is 34.7 Å². The van der Waals surface area contributed by atoms with Gasteiger partial charge in [-0.25, -0.2) is 9.59 Å². The van der Waals surface area contributed by atoms with Crippen LogP contribution >= 0.6 is 0 Å². The van der Waals surface area contributed by atoms with E-state index in [0.29, 0.717) is 38.7 Å². The summed E-state index contributed by atoms with van der Waals surface area (Å²) in [7, 11) is 0. The average Bonchev–Trinajstić information content (AvgIpc) is 2.98. The lowest BCUT2D eigenvalue weighted by Gasteiger charge is -2.31. The number of ether oxygens (including phenoxy) is 1. The molecular formula is C18H26N6O3. The largest absolute Gasteiger partial charge is 0.450 e. The van der Waals surface area contributed by atoms with Gasteiger partial charge in [0.2, 0.25) is 0 Å². The summed E-state index contributed by atoms with van der Waals surface area (Å²) in [5.41, 5.74) is 7.49. The zero-order chi connectivity index (χ0) is 19.2. The summed E-state index contributed by atoms with van der Waals surface area (Å²) < 4.78 is 6.67. The highest BCUT2D eigenvalue weighted by molar-refractivity contribution is 5.78. The Morgan fingerprint density at radius 3 is 2.85 bits per heavy atom. The Kier molecular flexibility index (Phi) is 6.00. The van der Waals surface area contributed by atoms with Gasteiger partial charge in [0.15, 0.2) is 5.96 Å². The van der Waals surface area contributed by atoms with Crippen LogP contribution in [-0.4, -0.2) is 58.8 Å². The zero-order valence-electron chi connectivity index (χ0n) is 15.5. The van der Waals surface area contributed by atoms with Gasteiger partial charge in [-0.2, -0.15) is 0 Å². The maximum absolute atomic E-state index is 12.0. The quantitative estimate of drug-likeness (QED) is 0.530. The Labute approximate surface area is 157 Å². The molecule has 1 amide bonds. The highest BCUT2D eigenvalue weighted by atomic mass is 16.6. The van der Waals surface area contributed by atoms with Gasteiger partial charge in [-0.3, -0.25) is 9.56 Å². The van der Waals surface area contributed by atoms with Crippen LogP contribution in [0.4, 0.5) is 4.79 Å². The van der Waals surface area contributed by atoms with E-state index in [9.17, 15) is 9.59 Å². The molecule has 1 fully saturated rings. The molecule has 0 bridgehead atoms. The van der Waals surface area contributed by atoms with Gasteiger partial charge in [-0.05, 0) is 31.9 Å². The van der Waals surface area contributed by atoms with E-state index in [4.69, 9.17) is 10.5 Å². The molecule has 0 spiro atoms. The molecule has 1 aromatic carbocycles. The fraction of sp³-hybridized carbons (Fsp3) is 0.500. The molecule has 9 nitrogen and oxygen atoms in total. The van der Waals surface area contributed by atoms with Crippen molar-refractivity contribution in [1.29, 1.82) is 0 Å². The predicted octanol–water partition coefficient (Wildman–Crippen LogP) is 0.855. The molecule has 1 aromatic heterocycles. The molecule has 146 valence electrons. The van der Waals surface area contributed by atoms with Gasteiger partial charge in [0.1, 0.15) is 0 Å². The molecule has 4 N–H and O–H groups in total. The third-order valence-corrected chi connectivity index (χ3v) is 4.66. The molecule has 2 aromatic rings. The van der Waals surface area contributed by atoms with Gasteiger partial charge in [0, 0.05) is 25.7 Å². The molecule has 0 atom stereocenters. The monoisotopic (exact) mass is 374 g/mol. The van der Waals surface area contributed by atoms with Crippen LogP contribution in [0, 0.1) is 0 Å². The normalized spacial score (nSPS) is 15.9. The second kappa shape index (κ2) is 8.61. The molecule has 0 radical (unpaired) electrons. The van der Waals surface area contributed by atoms with Gasteiger partial charge in [0.25, 0.3) is 0 Å². The summed E-state index contributed by atoms with van der Waals surface area (Å²) in [4.78, 5) is 32.6. The fourth-order valence-electron chi connectivity index (χ4n) is 3.28. The minimum absolute atomic E-state index is 0.149. The van der Waals surface area contributed by atoms with Crippen molar-refractivity contribution < 1.29 is 9.53 Å². The topological polar surface area (TPSA) is 118 Å². The smallest absolute Gasteiger partial charge is 0.409 e. The van der Waals surface area contributed by atoms with E-state index in [1.807, 2.05) is 24.3 Å². The van der Waals surface area contributed by atoms with E-state index >= 15 is 0 Å². The van der Waals surface area contributed by atoms with Gasteiger partial charge in [0.05, 0.1) is 24.2 Å². The van der Waals surface area contributed by atoms with Crippen LogP contribution in [0.1, 0.15) is 19.8 Å². The highest BCUT2D eigenvalue weighted by Gasteiger charge is 2.23. The van der Waals surface area contributed by atoms with E-state index in [1.54, 1.807) is 16.4 Å². The van der Waals surface area contributed by atoms with Crippen molar-refractivity contribution >= 4 is 23.1 Å². The number of guanidine groups is 1. The van der Waals surface area contributed by atoms with Crippen LogP contribution in [0.25, 0.3) is 11.0 Å². The summed E-state index contributed by atoms with van der Waals surface area (Å²) >= 11 is 0. The first-order valence-corrected chi connectivity index (χ1v) is 9.24. The number of hydrogen-bond acceptors (Lipinski definition) is 4. The third kappa shape index (κ3) is 4.60. The minimum Gasteiger partial charge on any atom is -0.450 e. The molecule has 1 aliphatic rings. The number of H-pyrrole nitrogens is 1. The number of hydrogen-bond donors (Lipinski definition) is 3. The summed E-state index contributed by atoms with van der Waals surface area (Å²) in [5, 5.41) is 3.20. The number of rotatable bonds is 5. The number of nitrogens with zero attached hydrogens (tertiary/aromatic N) is 3. The summed E-state index contributed by atoms with van der Waals surface area (Å²) in [6.45, 7) is 4.31. The molecule has 0 unspecified atom stereocenters. The minimum atomic E-state index is -0.262. The third-order valence-electron chi connectivity index (χ3n) is 4.66. The molecule has 0 saturated carbocycles. The molecular weight excluding hydrogens is 348 g/mol. The van der Waals surface area contributed by atoms with Crippen LogP contribution in [0.3, 0.4) is 0 Å². The van der Waals surface area contributed by atoms with Crippen LogP contribution in [0.2, 0.25) is 0 Å². The number of aliphatic imine (C=N–C) groups is 1. The van der Waals surface area contributed by atoms with Gasteiger partial charge >= 0.3 is 11.8 Å². The number of benzene rings is 1. The fourth-order valence-corrected chi connectivity index (χ4v) is 3.28. The second-order valence-electron chi connectivity index (χ2n) is 6.47. The summed E-state index contributed by atoms with van der Waals surface area (Å²) in [6, 6.07) is 7.73. The Morgan fingerprint density at radius 2 is 2.11 bits per heavy atom. The van der Waals surface area contributed by atoms with Crippen LogP contribution in [0.15, 0.2) is 34.1 Å². The number of aromatic nitrogens is 2. The van der Waals surface area contributed by atoms with Crippen molar-refractivity contribution in [2.24, 2.45) is 10.7 Å². The van der Waals surface area contributed by atoms with Gasteiger partial charge < -0.3 is 25.7 Å². The first kappa shape index (κ1) is 18.8. The number of piperidine rings is 1. The average molecular weight is 374 g/mol. The molecule has 1 saturated heterocycles. The number of likely N-dealkylation sites (tertiary alicyclic amines) is 1. The van der Waals surface area contributed by atoms with E-state index in [-0.39, 0.29) is 17.8 Å². The van der Waals surface area contributed by atoms with E-state index in [2.05, 4.69) is 15.3 Å². The second-order valence-corrected chi connectivity index (χ2v) is 6.47. The maximum Gasteiger partial charge on any atom is 0.409 e. The number of carbonyl (C=O) groups is 1.